The Kier molecular flexibility index (Phi) is 3.91. The minimum Gasteiger partial charge on any atom is -0.458 e. The van der Waals surface area contributed by atoms with E-state index >= 15 is 0 Å². The van der Waals surface area contributed by atoms with Gasteiger partial charge in [-0.25, -0.2) is 4.98 Å². The number of hydrogen-bond donors (Lipinski definition) is 2. The number of esters is 1. The molecule has 25 heavy (non-hydrogen) atoms. The Morgan fingerprint density at radius 2 is 1.92 bits per heavy atom. The standard InChI is InChI=1S/C18H15NO5S/c1-9(20)23-8-10-6-7-13(24-10)18-19-14-15(21)11-4-2-3-5-12(11)16(22)17(14)25-18/h2-7,15-16,21-22H,8H2,1H3. The van der Waals surface area contributed by atoms with Gasteiger partial charge in [-0.3, -0.25) is 4.79 Å². The zero-order valence-electron chi connectivity index (χ0n) is 13.3. The number of ether oxygens (including phenoxy) is 1. The Balaban J connectivity index is 1.68. The molecule has 0 radical (unpaired) electrons. The number of benzene rings is 1. The molecule has 0 fully saturated rings. The molecular formula is C18H15NO5S. The third-order valence-electron chi connectivity index (χ3n) is 4.06. The van der Waals surface area contributed by atoms with Crippen molar-refractivity contribution in [2.75, 3.05) is 0 Å². The van der Waals surface area contributed by atoms with Crippen molar-refractivity contribution in [2.45, 2.75) is 25.7 Å². The lowest BCUT2D eigenvalue weighted by atomic mass is 9.89. The van der Waals surface area contributed by atoms with Gasteiger partial charge >= 0.3 is 5.97 Å². The van der Waals surface area contributed by atoms with E-state index in [9.17, 15) is 15.0 Å². The fraction of sp³-hybridized carbons (Fsp3) is 0.222. The van der Waals surface area contributed by atoms with Gasteiger partial charge in [-0.1, -0.05) is 24.3 Å². The molecule has 2 aromatic heterocycles. The number of thiazole rings is 1. The van der Waals surface area contributed by atoms with E-state index in [0.29, 0.717) is 38.2 Å². The Bertz CT molecular complexity index is 898. The van der Waals surface area contributed by atoms with Gasteiger partial charge < -0.3 is 19.4 Å². The average Bonchev–Trinajstić information content (AvgIpc) is 3.25. The van der Waals surface area contributed by atoms with Gasteiger partial charge in [0.1, 0.15) is 24.6 Å². The number of rotatable bonds is 3. The lowest BCUT2D eigenvalue weighted by Gasteiger charge is -2.24. The molecule has 2 heterocycles. The topological polar surface area (TPSA) is 92.8 Å². The normalized spacial score (nSPS) is 18.5. The molecule has 2 atom stereocenters. The van der Waals surface area contributed by atoms with Crippen LogP contribution >= 0.6 is 11.3 Å². The van der Waals surface area contributed by atoms with E-state index in [-0.39, 0.29) is 12.6 Å². The second kappa shape index (κ2) is 6.11. The number of aliphatic hydroxyl groups is 2. The van der Waals surface area contributed by atoms with Gasteiger partial charge in [0, 0.05) is 6.92 Å². The maximum atomic E-state index is 10.9. The van der Waals surface area contributed by atoms with Gasteiger partial charge in [0.2, 0.25) is 0 Å². The fourth-order valence-corrected chi connectivity index (χ4v) is 3.94. The lowest BCUT2D eigenvalue weighted by molar-refractivity contribution is -0.142. The Labute approximate surface area is 147 Å². The molecule has 7 heteroatoms. The predicted molar refractivity (Wildman–Crippen MR) is 89.9 cm³/mol. The molecule has 0 bridgehead atoms. The monoisotopic (exact) mass is 357 g/mol. The van der Waals surface area contributed by atoms with E-state index < -0.39 is 12.2 Å². The molecule has 0 saturated heterocycles. The summed E-state index contributed by atoms with van der Waals surface area (Å²) in [4.78, 5) is 16.0. The summed E-state index contributed by atoms with van der Waals surface area (Å²) >= 11 is 1.28. The molecule has 0 amide bonds. The van der Waals surface area contributed by atoms with Gasteiger partial charge in [-0.2, -0.15) is 0 Å². The second-order valence-corrected chi connectivity index (χ2v) is 6.78. The zero-order valence-corrected chi connectivity index (χ0v) is 14.1. The highest BCUT2D eigenvalue weighted by Crippen LogP contribution is 2.45. The van der Waals surface area contributed by atoms with Gasteiger partial charge in [0.25, 0.3) is 0 Å². The van der Waals surface area contributed by atoms with Crippen LogP contribution in [0.4, 0.5) is 0 Å². The average molecular weight is 357 g/mol. The van der Waals surface area contributed by atoms with Crippen LogP contribution in [0, 0.1) is 0 Å². The minimum absolute atomic E-state index is 0.0527. The summed E-state index contributed by atoms with van der Waals surface area (Å²) in [7, 11) is 0. The van der Waals surface area contributed by atoms with E-state index in [1.165, 1.54) is 18.3 Å². The first-order valence-electron chi connectivity index (χ1n) is 7.72. The first-order chi connectivity index (χ1) is 12.0. The van der Waals surface area contributed by atoms with Crippen LogP contribution in [0.1, 0.15) is 46.6 Å². The molecule has 0 aliphatic heterocycles. The molecule has 0 saturated carbocycles. The first kappa shape index (κ1) is 16.0. The fourth-order valence-electron chi connectivity index (χ4n) is 2.88. The van der Waals surface area contributed by atoms with Crippen molar-refractivity contribution in [2.24, 2.45) is 0 Å². The van der Waals surface area contributed by atoms with E-state index in [1.54, 1.807) is 24.3 Å². The molecule has 0 spiro atoms. The summed E-state index contributed by atoms with van der Waals surface area (Å²) in [6.07, 6.45) is -1.70. The number of aliphatic hydroxyl groups excluding tert-OH is 2. The summed E-state index contributed by atoms with van der Waals surface area (Å²) in [5.41, 5.74) is 1.80. The largest absolute Gasteiger partial charge is 0.458 e. The maximum absolute atomic E-state index is 10.9. The maximum Gasteiger partial charge on any atom is 0.303 e. The number of carbonyl (C=O) groups is 1. The van der Waals surface area contributed by atoms with E-state index in [4.69, 9.17) is 9.15 Å². The molecule has 4 rings (SSSR count). The zero-order chi connectivity index (χ0) is 17.6. The van der Waals surface area contributed by atoms with Gasteiger partial charge in [-0.15, -0.1) is 11.3 Å². The molecule has 6 nitrogen and oxygen atoms in total. The van der Waals surface area contributed by atoms with Gasteiger partial charge in [0.05, 0.1) is 10.6 Å². The molecule has 2 N–H and O–H groups in total. The van der Waals surface area contributed by atoms with Gasteiger partial charge in [-0.05, 0) is 23.3 Å². The smallest absolute Gasteiger partial charge is 0.303 e. The van der Waals surface area contributed by atoms with Crippen LogP contribution in [0.2, 0.25) is 0 Å². The molecule has 1 aromatic carbocycles. The van der Waals surface area contributed by atoms with Crippen LogP contribution in [0.3, 0.4) is 0 Å². The van der Waals surface area contributed by atoms with Crippen LogP contribution < -0.4 is 0 Å². The van der Waals surface area contributed by atoms with Crippen molar-refractivity contribution in [3.63, 3.8) is 0 Å². The third-order valence-corrected chi connectivity index (χ3v) is 5.20. The minimum atomic E-state index is -0.880. The quantitative estimate of drug-likeness (QED) is 0.700. The van der Waals surface area contributed by atoms with Crippen molar-refractivity contribution in [1.29, 1.82) is 0 Å². The summed E-state index contributed by atoms with van der Waals surface area (Å²) in [5.74, 6) is 0.624. The number of hydrogen-bond acceptors (Lipinski definition) is 7. The van der Waals surface area contributed by atoms with E-state index in [2.05, 4.69) is 4.98 Å². The summed E-state index contributed by atoms with van der Waals surface area (Å²) in [5, 5.41) is 21.8. The summed E-state index contributed by atoms with van der Waals surface area (Å²) in [6.45, 7) is 1.39. The first-order valence-corrected chi connectivity index (χ1v) is 8.54. The Morgan fingerprint density at radius 3 is 2.64 bits per heavy atom. The van der Waals surface area contributed by atoms with E-state index in [0.717, 1.165) is 0 Å². The van der Waals surface area contributed by atoms with Gasteiger partial charge in [0.15, 0.2) is 10.8 Å². The molecule has 3 aromatic rings. The molecule has 128 valence electrons. The van der Waals surface area contributed by atoms with Crippen LogP contribution in [-0.2, 0) is 16.1 Å². The van der Waals surface area contributed by atoms with Crippen molar-refractivity contribution < 1.29 is 24.2 Å². The Morgan fingerprint density at radius 1 is 1.20 bits per heavy atom. The highest BCUT2D eigenvalue weighted by molar-refractivity contribution is 7.15. The number of carbonyl (C=O) groups excluding carboxylic acids is 1. The van der Waals surface area contributed by atoms with Crippen molar-refractivity contribution in [1.82, 2.24) is 4.98 Å². The predicted octanol–water partition coefficient (Wildman–Crippen LogP) is 2.94. The van der Waals surface area contributed by atoms with Crippen LogP contribution in [-0.4, -0.2) is 21.2 Å². The van der Waals surface area contributed by atoms with E-state index in [1.807, 2.05) is 12.1 Å². The van der Waals surface area contributed by atoms with Crippen LogP contribution in [0.25, 0.3) is 10.8 Å². The molecular weight excluding hydrogens is 342 g/mol. The SMILES string of the molecule is CC(=O)OCc1ccc(-c2nc3c(s2)C(O)c2ccccc2C3O)o1. The van der Waals surface area contributed by atoms with Crippen molar-refractivity contribution in [3.05, 3.63) is 63.9 Å². The van der Waals surface area contributed by atoms with Crippen LogP contribution in [0.5, 0.6) is 0 Å². The third kappa shape index (κ3) is 2.76. The Hall–Kier alpha value is -2.48. The van der Waals surface area contributed by atoms with Crippen molar-refractivity contribution in [3.8, 4) is 10.8 Å². The summed E-state index contributed by atoms with van der Waals surface area (Å²) < 4.78 is 10.6. The molecule has 2 unspecified atom stereocenters. The lowest BCUT2D eigenvalue weighted by Crippen LogP contribution is -2.16. The molecule has 1 aliphatic rings. The number of fused-ring (bicyclic) bond motifs is 2. The van der Waals surface area contributed by atoms with Crippen molar-refractivity contribution >= 4 is 17.3 Å². The number of aromatic nitrogens is 1. The van der Waals surface area contributed by atoms with Crippen LogP contribution in [0.15, 0.2) is 40.8 Å². The molecule has 1 aliphatic carbocycles. The highest BCUT2D eigenvalue weighted by Gasteiger charge is 2.34. The number of nitrogens with zero attached hydrogens (tertiary/aromatic N) is 1. The highest BCUT2D eigenvalue weighted by atomic mass is 32.1. The second-order valence-electron chi connectivity index (χ2n) is 5.75. The number of furan rings is 1. The summed E-state index contributed by atoms with van der Waals surface area (Å²) in [6, 6.07) is 10.7.